The van der Waals surface area contributed by atoms with E-state index in [1.54, 1.807) is 0 Å². The van der Waals surface area contributed by atoms with Gasteiger partial charge in [-0.05, 0) is 57.3 Å². The van der Waals surface area contributed by atoms with Crippen molar-refractivity contribution in [2.24, 2.45) is 5.92 Å². The summed E-state index contributed by atoms with van der Waals surface area (Å²) in [6.45, 7) is 7.25. The van der Waals surface area contributed by atoms with Crippen molar-refractivity contribution in [1.29, 1.82) is 0 Å². The Hall–Kier alpha value is -2.46. The molecule has 0 aromatic carbocycles. The van der Waals surface area contributed by atoms with Crippen LogP contribution in [0.5, 0.6) is 0 Å². The fourth-order valence-corrected chi connectivity index (χ4v) is 12.9. The second-order valence-corrected chi connectivity index (χ2v) is 30.4. The lowest BCUT2D eigenvalue weighted by Gasteiger charge is -2.21. The summed E-state index contributed by atoms with van der Waals surface area (Å²) in [7, 11) is -9.92. The van der Waals surface area contributed by atoms with E-state index in [9.17, 15) is 43.2 Å². The van der Waals surface area contributed by atoms with Gasteiger partial charge in [0.2, 0.25) is 0 Å². The van der Waals surface area contributed by atoms with Gasteiger partial charge in [0.25, 0.3) is 0 Å². The summed E-state index contributed by atoms with van der Waals surface area (Å²) in [5.41, 5.74) is 0. The van der Waals surface area contributed by atoms with E-state index < -0.39 is 97.5 Å². The average Bonchev–Trinajstić information content (AvgIpc) is 1.39. The minimum atomic E-state index is -4.96. The zero-order valence-corrected chi connectivity index (χ0v) is 63.8. The Kier molecular flexibility index (Phi) is 67.8. The molecule has 0 radical (unpaired) electrons. The molecule has 0 aromatic rings. The molecule has 0 rings (SSSR count). The third kappa shape index (κ3) is 70.0. The van der Waals surface area contributed by atoms with E-state index in [4.69, 9.17) is 37.0 Å². The van der Waals surface area contributed by atoms with Crippen LogP contribution in [0.1, 0.15) is 381 Å². The molecule has 566 valence electrons. The maximum absolute atomic E-state index is 13.1. The van der Waals surface area contributed by atoms with Crippen molar-refractivity contribution in [1.82, 2.24) is 0 Å². The van der Waals surface area contributed by atoms with Crippen molar-refractivity contribution in [3.05, 3.63) is 24.3 Å². The molecule has 0 bridgehead atoms. The highest BCUT2D eigenvalue weighted by molar-refractivity contribution is 7.47. The smallest absolute Gasteiger partial charge is 0.462 e. The molecule has 0 amide bonds. The Labute approximate surface area is 586 Å². The highest BCUT2D eigenvalue weighted by Gasteiger charge is 2.30. The van der Waals surface area contributed by atoms with Gasteiger partial charge in [-0.2, -0.15) is 0 Å². The number of carbonyl (C=O) groups is 4. The molecule has 0 spiro atoms. The molecule has 0 aliphatic rings. The Bertz CT molecular complexity index is 1930. The molecule has 0 aliphatic carbocycles. The van der Waals surface area contributed by atoms with E-state index in [2.05, 4.69) is 58.9 Å². The average molecular weight is 1410 g/mol. The third-order valence-electron chi connectivity index (χ3n) is 17.4. The first-order valence-corrected chi connectivity index (χ1v) is 42.4. The second kappa shape index (κ2) is 69.6. The summed E-state index contributed by atoms with van der Waals surface area (Å²) in [5, 5.41) is 10.6. The van der Waals surface area contributed by atoms with Crippen LogP contribution in [0.3, 0.4) is 0 Å². The first kappa shape index (κ1) is 93.5. The van der Waals surface area contributed by atoms with Crippen LogP contribution in [0, 0.1) is 5.92 Å². The highest BCUT2D eigenvalue weighted by atomic mass is 31.2. The number of rotatable bonds is 75. The van der Waals surface area contributed by atoms with Crippen molar-refractivity contribution < 1.29 is 80.2 Å². The Morgan fingerprint density at radius 3 is 0.854 bits per heavy atom. The topological polar surface area (TPSA) is 237 Å². The number of carbonyl (C=O) groups excluding carboxylic acids is 4. The van der Waals surface area contributed by atoms with Gasteiger partial charge >= 0.3 is 39.5 Å². The maximum atomic E-state index is 13.1. The largest absolute Gasteiger partial charge is 0.472 e. The second-order valence-electron chi connectivity index (χ2n) is 27.5. The van der Waals surface area contributed by atoms with Crippen LogP contribution >= 0.6 is 15.6 Å². The van der Waals surface area contributed by atoms with Crippen LogP contribution in [-0.4, -0.2) is 96.7 Å². The molecular weight excluding hydrogens is 1260 g/mol. The lowest BCUT2D eigenvalue weighted by Crippen LogP contribution is -2.30. The van der Waals surface area contributed by atoms with E-state index >= 15 is 0 Å². The number of hydrogen-bond acceptors (Lipinski definition) is 15. The van der Waals surface area contributed by atoms with E-state index in [1.807, 2.05) is 0 Å². The van der Waals surface area contributed by atoms with Crippen LogP contribution in [0.2, 0.25) is 0 Å². The number of ether oxygens (including phenoxy) is 4. The van der Waals surface area contributed by atoms with Crippen molar-refractivity contribution in [2.75, 3.05) is 39.6 Å². The first-order valence-electron chi connectivity index (χ1n) is 39.5. The first-order chi connectivity index (χ1) is 46.5. The Morgan fingerprint density at radius 2 is 0.562 bits per heavy atom. The number of allylic oxidation sites excluding steroid dienone is 4. The molecule has 3 N–H and O–H groups in total. The summed E-state index contributed by atoms with van der Waals surface area (Å²) < 4.78 is 68.5. The zero-order valence-electron chi connectivity index (χ0n) is 62.0. The van der Waals surface area contributed by atoms with Crippen LogP contribution < -0.4 is 0 Å². The van der Waals surface area contributed by atoms with Crippen LogP contribution in [0.25, 0.3) is 0 Å². The lowest BCUT2D eigenvalue weighted by molar-refractivity contribution is -0.161. The van der Waals surface area contributed by atoms with E-state index in [1.165, 1.54) is 186 Å². The number of aliphatic hydroxyl groups is 1. The van der Waals surface area contributed by atoms with Crippen LogP contribution in [-0.2, 0) is 65.4 Å². The fourth-order valence-electron chi connectivity index (χ4n) is 11.3. The molecule has 96 heavy (non-hydrogen) atoms. The van der Waals surface area contributed by atoms with Gasteiger partial charge < -0.3 is 33.8 Å². The molecule has 0 aromatic heterocycles. The fraction of sp³-hybridized carbons (Fsp3) is 0.896. The molecule has 0 fully saturated rings. The molecule has 0 saturated heterocycles. The molecule has 19 heteroatoms. The predicted octanol–water partition coefficient (Wildman–Crippen LogP) is 22.4. The van der Waals surface area contributed by atoms with E-state index in [0.717, 1.165) is 115 Å². The summed E-state index contributed by atoms with van der Waals surface area (Å²) >= 11 is 0. The van der Waals surface area contributed by atoms with Crippen LogP contribution in [0.4, 0.5) is 0 Å². The maximum Gasteiger partial charge on any atom is 0.472 e. The van der Waals surface area contributed by atoms with Gasteiger partial charge in [0.1, 0.15) is 19.3 Å². The predicted molar refractivity (Wildman–Crippen MR) is 391 cm³/mol. The number of phosphoric acid groups is 2. The van der Waals surface area contributed by atoms with Crippen molar-refractivity contribution >= 4 is 39.5 Å². The molecule has 2 unspecified atom stereocenters. The standard InChI is InChI=1S/C77H146O17P2/c1-6-9-12-15-18-21-24-26-28-32-36-41-46-51-56-61-75(80)88-67-73(94-77(82)63-58-53-48-43-38-33-29-30-35-39-44-49-54-59-70(4)5)69-92-96(85,86)90-65-71(78)64-89-95(83,84)91-68-72(66-87-74(79)60-55-50-45-40-34-23-20-17-14-11-8-3)93-76(81)62-57-52-47-42-37-31-27-25-22-19-16-13-10-7-2/h21,24,26,28,70-73,78H,6-20,22-23,25,27,29-69H2,1-5H3,(H,83,84)(H,85,86)/b24-21-,28-26-/t71-,72+,73+/m0/s1. The van der Waals surface area contributed by atoms with E-state index in [-0.39, 0.29) is 25.7 Å². The molecule has 0 saturated carbocycles. The summed E-state index contributed by atoms with van der Waals surface area (Å²) in [6.07, 6.45) is 61.6. The number of unbranched alkanes of at least 4 members (excludes halogenated alkanes) is 44. The van der Waals surface area contributed by atoms with Crippen molar-refractivity contribution in [3.63, 3.8) is 0 Å². The monoisotopic (exact) mass is 1410 g/mol. The normalized spacial score (nSPS) is 14.1. The van der Waals surface area contributed by atoms with Gasteiger partial charge in [0.05, 0.1) is 26.4 Å². The number of esters is 4. The quantitative estimate of drug-likeness (QED) is 0.0169. The number of aliphatic hydroxyl groups excluding tert-OH is 1. The third-order valence-corrected chi connectivity index (χ3v) is 19.3. The number of hydrogen-bond donors (Lipinski definition) is 3. The summed E-state index contributed by atoms with van der Waals surface area (Å²) in [6, 6.07) is 0. The molecule has 0 heterocycles. The van der Waals surface area contributed by atoms with Crippen molar-refractivity contribution in [2.45, 2.75) is 400 Å². The minimum absolute atomic E-state index is 0.101. The Balaban J connectivity index is 5.29. The lowest BCUT2D eigenvalue weighted by atomic mass is 10.0. The number of phosphoric ester groups is 2. The highest BCUT2D eigenvalue weighted by Crippen LogP contribution is 2.45. The molecule has 5 atom stereocenters. The van der Waals surface area contributed by atoms with Gasteiger partial charge in [-0.15, -0.1) is 0 Å². The van der Waals surface area contributed by atoms with Gasteiger partial charge in [-0.3, -0.25) is 37.3 Å². The minimum Gasteiger partial charge on any atom is -0.462 e. The van der Waals surface area contributed by atoms with Gasteiger partial charge in [0, 0.05) is 25.7 Å². The zero-order chi connectivity index (χ0) is 70.5. The molecule has 17 nitrogen and oxygen atoms in total. The van der Waals surface area contributed by atoms with Gasteiger partial charge in [0.15, 0.2) is 12.2 Å². The SMILES string of the molecule is CCCCCC/C=C\C=C/CCCCCCCC(=O)OC[C@H](COP(=O)(O)OC[C@@H](O)COP(=O)(O)OC[C@@H](COC(=O)CCCCCCCCCCCCC)OC(=O)CCCCCCCCCCCCCCCC)OC(=O)CCCCCCCCCCCCCCCC(C)C. The van der Waals surface area contributed by atoms with E-state index in [0.29, 0.717) is 25.7 Å². The van der Waals surface area contributed by atoms with Gasteiger partial charge in [-0.25, -0.2) is 9.13 Å². The van der Waals surface area contributed by atoms with Crippen LogP contribution in [0.15, 0.2) is 24.3 Å². The van der Waals surface area contributed by atoms with Crippen molar-refractivity contribution in [3.8, 4) is 0 Å². The molecule has 0 aliphatic heterocycles. The summed E-state index contributed by atoms with van der Waals surface area (Å²) in [5.74, 6) is -1.36. The van der Waals surface area contributed by atoms with Gasteiger partial charge in [-0.1, -0.05) is 329 Å². The summed E-state index contributed by atoms with van der Waals surface area (Å²) in [4.78, 5) is 72.8. The Morgan fingerprint density at radius 1 is 0.323 bits per heavy atom. The molecular formula is C77H146O17P2.